The Bertz CT molecular complexity index is 481. The van der Waals surface area contributed by atoms with Crippen molar-refractivity contribution in [1.29, 1.82) is 0 Å². The summed E-state index contributed by atoms with van der Waals surface area (Å²) in [6, 6.07) is 5.83. The van der Waals surface area contributed by atoms with Gasteiger partial charge in [0.2, 0.25) is 0 Å². The summed E-state index contributed by atoms with van der Waals surface area (Å²) < 4.78 is 1.12. The number of halogens is 1. The zero-order valence-corrected chi connectivity index (χ0v) is 10.8. The number of unbranched alkanes of at least 4 members (excludes halogenated alkanes) is 1. The van der Waals surface area contributed by atoms with E-state index in [4.69, 9.17) is 17.3 Å². The molecule has 1 aromatic carbocycles. The Morgan fingerprint density at radius 1 is 1.50 bits per heavy atom. The molecule has 2 rings (SSSR count). The lowest BCUT2D eigenvalue weighted by Gasteiger charge is -2.05. The van der Waals surface area contributed by atoms with Crippen molar-refractivity contribution >= 4 is 33.2 Å². The first-order valence-electron chi connectivity index (χ1n) is 5.52. The van der Waals surface area contributed by atoms with Gasteiger partial charge in [0.05, 0.1) is 16.3 Å². The van der Waals surface area contributed by atoms with Crippen molar-refractivity contribution in [3.63, 3.8) is 0 Å². The molecule has 0 radical (unpaired) electrons. The van der Waals surface area contributed by atoms with Crippen LogP contribution in [0.1, 0.15) is 37.2 Å². The first-order valence-corrected chi connectivity index (χ1v) is 6.71. The average molecular weight is 255 g/mol. The van der Waals surface area contributed by atoms with Crippen molar-refractivity contribution in [1.82, 2.24) is 4.98 Å². The first kappa shape index (κ1) is 11.8. The normalized spacial score (nSPS) is 13.2. The number of nitrogens with two attached hydrogens (primary N) is 1. The highest BCUT2D eigenvalue weighted by atomic mass is 35.5. The minimum absolute atomic E-state index is 0.0659. The van der Waals surface area contributed by atoms with Gasteiger partial charge in [-0.15, -0.1) is 11.3 Å². The van der Waals surface area contributed by atoms with Gasteiger partial charge in [-0.2, -0.15) is 0 Å². The van der Waals surface area contributed by atoms with Crippen LogP contribution < -0.4 is 5.73 Å². The van der Waals surface area contributed by atoms with Crippen LogP contribution >= 0.6 is 22.9 Å². The maximum absolute atomic E-state index is 6.10. The Kier molecular flexibility index (Phi) is 3.79. The molecule has 1 atom stereocenters. The Morgan fingerprint density at radius 3 is 3.06 bits per heavy atom. The van der Waals surface area contributed by atoms with Gasteiger partial charge in [-0.3, -0.25) is 0 Å². The van der Waals surface area contributed by atoms with E-state index in [9.17, 15) is 0 Å². The van der Waals surface area contributed by atoms with Crippen molar-refractivity contribution in [2.45, 2.75) is 32.2 Å². The van der Waals surface area contributed by atoms with Gasteiger partial charge in [0.25, 0.3) is 0 Å². The van der Waals surface area contributed by atoms with Crippen molar-refractivity contribution in [2.75, 3.05) is 0 Å². The molecule has 2 nitrogen and oxygen atoms in total. The van der Waals surface area contributed by atoms with Crippen LogP contribution in [0, 0.1) is 0 Å². The van der Waals surface area contributed by atoms with E-state index in [0.29, 0.717) is 0 Å². The molecule has 2 aromatic rings. The molecule has 0 aliphatic heterocycles. The molecule has 0 aliphatic carbocycles. The van der Waals surface area contributed by atoms with Crippen molar-refractivity contribution < 1.29 is 0 Å². The molecule has 1 heterocycles. The van der Waals surface area contributed by atoms with Gasteiger partial charge in [0.1, 0.15) is 5.01 Å². The zero-order valence-electron chi connectivity index (χ0n) is 9.24. The van der Waals surface area contributed by atoms with E-state index in [2.05, 4.69) is 11.9 Å². The van der Waals surface area contributed by atoms with E-state index in [1.807, 2.05) is 18.2 Å². The van der Waals surface area contributed by atoms with Gasteiger partial charge in [0, 0.05) is 5.02 Å². The van der Waals surface area contributed by atoms with E-state index < -0.39 is 0 Å². The fraction of sp³-hybridized carbons (Fsp3) is 0.417. The molecule has 0 spiro atoms. The molecule has 1 unspecified atom stereocenters. The third-order valence-corrected chi connectivity index (χ3v) is 3.94. The SMILES string of the molecule is CCCCC(N)c1nc2ccc(Cl)cc2s1. The molecule has 0 saturated heterocycles. The molecule has 2 N–H and O–H groups in total. The number of hydrogen-bond donors (Lipinski definition) is 1. The lowest BCUT2D eigenvalue weighted by Crippen LogP contribution is -2.09. The number of thiazole rings is 1. The molecular formula is C12H15ClN2S. The standard InChI is InChI=1S/C12H15ClN2S/c1-2-3-4-9(14)12-15-10-6-5-8(13)7-11(10)16-12/h5-7,9H,2-4,14H2,1H3. The van der Waals surface area contributed by atoms with Gasteiger partial charge >= 0.3 is 0 Å². The highest BCUT2D eigenvalue weighted by Gasteiger charge is 2.11. The third-order valence-electron chi connectivity index (χ3n) is 2.55. The van der Waals surface area contributed by atoms with Crippen molar-refractivity contribution in [3.05, 3.63) is 28.2 Å². The summed E-state index contributed by atoms with van der Waals surface area (Å²) in [6.45, 7) is 2.17. The second kappa shape index (κ2) is 5.13. The van der Waals surface area contributed by atoms with Gasteiger partial charge < -0.3 is 5.73 Å². The molecule has 86 valence electrons. The highest BCUT2D eigenvalue weighted by molar-refractivity contribution is 7.18. The Balaban J connectivity index is 2.25. The number of fused-ring (bicyclic) bond motifs is 1. The molecule has 0 fully saturated rings. The van der Waals surface area contributed by atoms with Crippen LogP contribution in [0.15, 0.2) is 18.2 Å². The molecule has 1 aromatic heterocycles. The lowest BCUT2D eigenvalue weighted by molar-refractivity contribution is 0.601. The molecular weight excluding hydrogens is 240 g/mol. The fourth-order valence-electron chi connectivity index (χ4n) is 1.62. The zero-order chi connectivity index (χ0) is 11.5. The van der Waals surface area contributed by atoms with Crippen molar-refractivity contribution in [3.8, 4) is 0 Å². The molecule has 0 aliphatic rings. The third kappa shape index (κ3) is 2.54. The van der Waals surface area contributed by atoms with Crippen LogP contribution in [-0.4, -0.2) is 4.98 Å². The average Bonchev–Trinajstić information content (AvgIpc) is 2.68. The number of rotatable bonds is 4. The molecule has 16 heavy (non-hydrogen) atoms. The second-order valence-corrected chi connectivity index (χ2v) is 5.41. The Hall–Kier alpha value is -0.640. The quantitative estimate of drug-likeness (QED) is 0.891. The van der Waals surface area contributed by atoms with E-state index in [1.165, 1.54) is 6.42 Å². The van der Waals surface area contributed by atoms with Crippen LogP contribution in [0.2, 0.25) is 5.02 Å². The maximum atomic E-state index is 6.10. The van der Waals surface area contributed by atoms with E-state index >= 15 is 0 Å². The minimum Gasteiger partial charge on any atom is -0.322 e. The fourth-order valence-corrected chi connectivity index (χ4v) is 2.90. The summed E-state index contributed by atoms with van der Waals surface area (Å²) in [7, 11) is 0. The van der Waals surface area contributed by atoms with Crippen LogP contribution in [0.3, 0.4) is 0 Å². The van der Waals surface area contributed by atoms with Gasteiger partial charge in [-0.1, -0.05) is 31.4 Å². The van der Waals surface area contributed by atoms with Crippen LogP contribution in [0.5, 0.6) is 0 Å². The predicted octanol–water partition coefficient (Wildman–Crippen LogP) is 4.14. The minimum atomic E-state index is 0.0659. The second-order valence-electron chi connectivity index (χ2n) is 3.91. The van der Waals surface area contributed by atoms with Crippen molar-refractivity contribution in [2.24, 2.45) is 5.73 Å². The number of benzene rings is 1. The smallest absolute Gasteiger partial charge is 0.111 e. The summed E-state index contributed by atoms with van der Waals surface area (Å²) in [6.07, 6.45) is 3.33. The van der Waals surface area contributed by atoms with Crippen LogP contribution in [0.25, 0.3) is 10.2 Å². The summed E-state index contributed by atoms with van der Waals surface area (Å²) in [5.41, 5.74) is 7.09. The largest absolute Gasteiger partial charge is 0.322 e. The van der Waals surface area contributed by atoms with E-state index in [-0.39, 0.29) is 6.04 Å². The highest BCUT2D eigenvalue weighted by Crippen LogP contribution is 2.29. The summed E-state index contributed by atoms with van der Waals surface area (Å²) in [4.78, 5) is 4.54. The number of nitrogens with zero attached hydrogens (tertiary/aromatic N) is 1. The predicted molar refractivity (Wildman–Crippen MR) is 71.1 cm³/mol. The van der Waals surface area contributed by atoms with Gasteiger partial charge in [-0.25, -0.2) is 4.98 Å². The Morgan fingerprint density at radius 2 is 2.31 bits per heavy atom. The molecule has 4 heteroatoms. The van der Waals surface area contributed by atoms with Crippen LogP contribution in [-0.2, 0) is 0 Å². The van der Waals surface area contributed by atoms with E-state index in [0.717, 1.165) is 33.1 Å². The van der Waals surface area contributed by atoms with Gasteiger partial charge in [0.15, 0.2) is 0 Å². The summed E-state index contributed by atoms with van der Waals surface area (Å²) in [5.74, 6) is 0. The van der Waals surface area contributed by atoms with E-state index in [1.54, 1.807) is 11.3 Å². The first-order chi connectivity index (χ1) is 7.70. The Labute approximate surface area is 104 Å². The van der Waals surface area contributed by atoms with Crippen LogP contribution in [0.4, 0.5) is 0 Å². The summed E-state index contributed by atoms with van der Waals surface area (Å²) >= 11 is 7.59. The number of hydrogen-bond acceptors (Lipinski definition) is 3. The summed E-state index contributed by atoms with van der Waals surface area (Å²) in [5, 5.41) is 1.77. The van der Waals surface area contributed by atoms with Gasteiger partial charge in [-0.05, 0) is 24.6 Å². The molecule has 0 saturated carbocycles. The monoisotopic (exact) mass is 254 g/mol. The molecule has 0 amide bonds. The molecule has 0 bridgehead atoms. The lowest BCUT2D eigenvalue weighted by atomic mass is 10.1. The number of aromatic nitrogens is 1. The maximum Gasteiger partial charge on any atom is 0.111 e. The topological polar surface area (TPSA) is 38.9 Å².